The van der Waals surface area contributed by atoms with Gasteiger partial charge in [0.2, 0.25) is 0 Å². The Bertz CT molecular complexity index is 1200. The standard InChI is InChI=1S/C24H21ClN2O5/c1-29-17-9-10-20(22(13-17)30-2)23-12-16(26-32-23)14-27(15-18-6-5-11-31-18)24(28)19-7-3-4-8-21(19)25/h3-13H,14-15H2,1-2H3. The summed E-state index contributed by atoms with van der Waals surface area (Å²) in [5.41, 5.74) is 1.70. The highest BCUT2D eigenvalue weighted by Gasteiger charge is 2.22. The Labute approximate surface area is 190 Å². The SMILES string of the molecule is COc1ccc(-c2cc(CN(Cc3ccco3)C(=O)c3ccccc3Cl)no2)c(OC)c1. The molecule has 0 fully saturated rings. The second-order valence-corrected chi connectivity index (χ2v) is 7.38. The third kappa shape index (κ3) is 4.63. The first kappa shape index (κ1) is 21.5. The van der Waals surface area contributed by atoms with Crippen molar-refractivity contribution in [2.24, 2.45) is 0 Å². The first-order chi connectivity index (χ1) is 15.6. The topological polar surface area (TPSA) is 77.9 Å². The zero-order valence-corrected chi connectivity index (χ0v) is 18.3. The van der Waals surface area contributed by atoms with Crippen LogP contribution in [-0.4, -0.2) is 30.2 Å². The van der Waals surface area contributed by atoms with Crippen LogP contribution in [0.4, 0.5) is 0 Å². The van der Waals surface area contributed by atoms with Gasteiger partial charge in [0.05, 0.1) is 49.7 Å². The summed E-state index contributed by atoms with van der Waals surface area (Å²) < 4.78 is 21.7. The molecular formula is C24H21ClN2O5. The van der Waals surface area contributed by atoms with Gasteiger partial charge in [-0.25, -0.2) is 0 Å². The number of carbonyl (C=O) groups is 1. The molecule has 8 heteroatoms. The molecule has 0 unspecified atom stereocenters. The zero-order valence-electron chi connectivity index (χ0n) is 17.6. The Morgan fingerprint density at radius 3 is 2.59 bits per heavy atom. The average Bonchev–Trinajstić information content (AvgIpc) is 3.50. The predicted molar refractivity (Wildman–Crippen MR) is 119 cm³/mol. The fourth-order valence-electron chi connectivity index (χ4n) is 3.31. The van der Waals surface area contributed by atoms with E-state index in [1.165, 1.54) is 0 Å². The van der Waals surface area contributed by atoms with E-state index < -0.39 is 0 Å². The third-order valence-corrected chi connectivity index (χ3v) is 5.23. The number of nitrogens with zero attached hydrogens (tertiary/aromatic N) is 2. The van der Waals surface area contributed by atoms with Crippen molar-refractivity contribution in [2.45, 2.75) is 13.1 Å². The monoisotopic (exact) mass is 452 g/mol. The lowest BCUT2D eigenvalue weighted by Crippen LogP contribution is -2.30. The number of ether oxygens (including phenoxy) is 2. The molecule has 1 amide bonds. The first-order valence-corrected chi connectivity index (χ1v) is 10.2. The first-order valence-electron chi connectivity index (χ1n) is 9.83. The van der Waals surface area contributed by atoms with Gasteiger partial charge >= 0.3 is 0 Å². The molecule has 0 saturated carbocycles. The van der Waals surface area contributed by atoms with E-state index in [-0.39, 0.29) is 19.0 Å². The Hall–Kier alpha value is -3.71. The number of halogens is 1. The van der Waals surface area contributed by atoms with Gasteiger partial charge in [-0.3, -0.25) is 4.79 Å². The molecular weight excluding hydrogens is 432 g/mol. The van der Waals surface area contributed by atoms with E-state index in [9.17, 15) is 4.79 Å². The number of furan rings is 1. The molecule has 0 radical (unpaired) electrons. The normalized spacial score (nSPS) is 10.7. The molecule has 2 aromatic carbocycles. The van der Waals surface area contributed by atoms with Crippen molar-refractivity contribution in [1.82, 2.24) is 10.1 Å². The summed E-state index contributed by atoms with van der Waals surface area (Å²) in [7, 11) is 3.16. The number of hydrogen-bond acceptors (Lipinski definition) is 6. The second kappa shape index (κ2) is 9.62. The molecule has 4 aromatic rings. The average molecular weight is 453 g/mol. The van der Waals surface area contributed by atoms with Gasteiger partial charge in [0.25, 0.3) is 5.91 Å². The molecule has 0 bridgehead atoms. The predicted octanol–water partition coefficient (Wildman–Crippen LogP) is 5.45. The Morgan fingerprint density at radius 1 is 1.03 bits per heavy atom. The van der Waals surface area contributed by atoms with Crippen LogP contribution in [0.15, 0.2) is 75.9 Å². The fourth-order valence-corrected chi connectivity index (χ4v) is 3.52. The number of aromatic nitrogens is 1. The molecule has 2 heterocycles. The summed E-state index contributed by atoms with van der Waals surface area (Å²) in [6.07, 6.45) is 1.57. The fraction of sp³-hybridized carbons (Fsp3) is 0.167. The van der Waals surface area contributed by atoms with Crippen LogP contribution in [0.5, 0.6) is 11.5 Å². The highest BCUT2D eigenvalue weighted by Crippen LogP contribution is 2.34. The van der Waals surface area contributed by atoms with Crippen LogP contribution in [0, 0.1) is 0 Å². The minimum absolute atomic E-state index is 0.201. The van der Waals surface area contributed by atoms with E-state index in [0.717, 1.165) is 5.56 Å². The van der Waals surface area contributed by atoms with Crippen molar-refractivity contribution in [3.05, 3.63) is 89.0 Å². The largest absolute Gasteiger partial charge is 0.497 e. The molecule has 7 nitrogen and oxygen atoms in total. The van der Waals surface area contributed by atoms with Crippen molar-refractivity contribution >= 4 is 17.5 Å². The molecule has 0 atom stereocenters. The van der Waals surface area contributed by atoms with E-state index in [0.29, 0.717) is 39.3 Å². The van der Waals surface area contributed by atoms with Crippen LogP contribution in [0.1, 0.15) is 21.8 Å². The summed E-state index contributed by atoms with van der Waals surface area (Å²) in [6.45, 7) is 0.456. The lowest BCUT2D eigenvalue weighted by atomic mass is 10.1. The smallest absolute Gasteiger partial charge is 0.256 e. The second-order valence-electron chi connectivity index (χ2n) is 6.97. The highest BCUT2D eigenvalue weighted by atomic mass is 35.5. The zero-order chi connectivity index (χ0) is 22.5. The minimum Gasteiger partial charge on any atom is -0.497 e. The summed E-state index contributed by atoms with van der Waals surface area (Å²) in [4.78, 5) is 14.9. The van der Waals surface area contributed by atoms with Crippen molar-refractivity contribution in [3.63, 3.8) is 0 Å². The summed E-state index contributed by atoms with van der Waals surface area (Å²) in [5.74, 6) is 2.18. The maximum atomic E-state index is 13.3. The number of rotatable bonds is 8. The van der Waals surface area contributed by atoms with Crippen molar-refractivity contribution < 1.29 is 23.2 Å². The van der Waals surface area contributed by atoms with E-state index >= 15 is 0 Å². The molecule has 0 N–H and O–H groups in total. The van der Waals surface area contributed by atoms with Gasteiger partial charge in [0, 0.05) is 12.1 Å². The minimum atomic E-state index is -0.237. The van der Waals surface area contributed by atoms with Gasteiger partial charge in [0.15, 0.2) is 5.76 Å². The van der Waals surface area contributed by atoms with Crippen LogP contribution in [0.25, 0.3) is 11.3 Å². The summed E-state index contributed by atoms with van der Waals surface area (Å²) in [6, 6.07) is 17.7. The van der Waals surface area contributed by atoms with E-state index in [1.807, 2.05) is 18.2 Å². The van der Waals surface area contributed by atoms with Crippen LogP contribution in [0.3, 0.4) is 0 Å². The molecule has 2 aromatic heterocycles. The van der Waals surface area contributed by atoms with Gasteiger partial charge in [-0.05, 0) is 36.4 Å². The molecule has 164 valence electrons. The van der Waals surface area contributed by atoms with Crippen molar-refractivity contribution in [3.8, 4) is 22.8 Å². The Kier molecular flexibility index (Phi) is 6.47. The molecule has 0 saturated heterocycles. The van der Waals surface area contributed by atoms with Crippen LogP contribution >= 0.6 is 11.6 Å². The number of benzene rings is 2. The maximum Gasteiger partial charge on any atom is 0.256 e. The van der Waals surface area contributed by atoms with Crippen molar-refractivity contribution in [2.75, 3.05) is 14.2 Å². The van der Waals surface area contributed by atoms with Gasteiger partial charge < -0.3 is 23.3 Å². The number of methoxy groups -OCH3 is 2. The quantitative estimate of drug-likeness (QED) is 0.354. The van der Waals surface area contributed by atoms with Gasteiger partial charge in [-0.1, -0.05) is 28.9 Å². The highest BCUT2D eigenvalue weighted by molar-refractivity contribution is 6.33. The summed E-state index contributed by atoms with van der Waals surface area (Å²) >= 11 is 6.26. The van der Waals surface area contributed by atoms with Gasteiger partial charge in [0.1, 0.15) is 23.0 Å². The maximum absolute atomic E-state index is 13.3. The molecule has 0 aliphatic carbocycles. The molecule has 0 spiro atoms. The van der Waals surface area contributed by atoms with Crippen LogP contribution < -0.4 is 9.47 Å². The molecule has 4 rings (SSSR count). The Balaban J connectivity index is 1.61. The molecule has 32 heavy (non-hydrogen) atoms. The number of carbonyl (C=O) groups excluding carboxylic acids is 1. The third-order valence-electron chi connectivity index (χ3n) is 4.90. The van der Waals surface area contributed by atoms with E-state index in [1.54, 1.807) is 67.8 Å². The molecule has 0 aliphatic heterocycles. The lowest BCUT2D eigenvalue weighted by molar-refractivity contribution is 0.0714. The number of hydrogen-bond donors (Lipinski definition) is 0. The van der Waals surface area contributed by atoms with E-state index in [4.69, 9.17) is 30.0 Å². The Morgan fingerprint density at radius 2 is 1.88 bits per heavy atom. The molecule has 0 aliphatic rings. The lowest BCUT2D eigenvalue weighted by Gasteiger charge is -2.21. The van der Waals surface area contributed by atoms with Crippen LogP contribution in [0.2, 0.25) is 5.02 Å². The van der Waals surface area contributed by atoms with Crippen molar-refractivity contribution in [1.29, 1.82) is 0 Å². The summed E-state index contributed by atoms with van der Waals surface area (Å²) in [5, 5.41) is 4.54. The van der Waals surface area contributed by atoms with E-state index in [2.05, 4.69) is 5.16 Å². The van der Waals surface area contributed by atoms with Gasteiger partial charge in [-0.15, -0.1) is 0 Å². The van der Waals surface area contributed by atoms with Crippen LogP contribution in [-0.2, 0) is 13.1 Å². The van der Waals surface area contributed by atoms with Gasteiger partial charge in [-0.2, -0.15) is 0 Å². The number of amides is 1.